The average molecular weight is 250 g/mol. The molecule has 0 saturated carbocycles. The lowest BCUT2D eigenvalue weighted by Gasteiger charge is -2.14. The van der Waals surface area contributed by atoms with Crippen LogP contribution in [0.5, 0.6) is 11.5 Å². The van der Waals surface area contributed by atoms with Crippen LogP contribution in [0.1, 0.15) is 27.8 Å². The minimum Gasteiger partial charge on any atom is -0.454 e. The molecule has 0 aromatic heterocycles. The van der Waals surface area contributed by atoms with E-state index in [0.717, 1.165) is 6.08 Å². The van der Waals surface area contributed by atoms with Crippen molar-refractivity contribution in [2.75, 3.05) is 13.3 Å². The Kier molecular flexibility index (Phi) is 2.90. The quantitative estimate of drug-likeness (QED) is 0.621. The second kappa shape index (κ2) is 5.69. The molecule has 96 valence electrons. The fraction of sp³-hybridized carbons (Fsp3) is 0.357. The van der Waals surface area contributed by atoms with Crippen molar-refractivity contribution < 1.29 is 18.4 Å². The van der Waals surface area contributed by atoms with Gasteiger partial charge in [0.15, 0.2) is 17.3 Å². The summed E-state index contributed by atoms with van der Waals surface area (Å²) in [5, 5.41) is 2.79. The van der Waals surface area contributed by atoms with Crippen LogP contribution in [0.4, 0.5) is 0 Å². The normalized spacial score (nSPS) is 18.2. The van der Waals surface area contributed by atoms with E-state index >= 15 is 0 Å². The Hall–Kier alpha value is -1.81. The molecule has 4 nitrogen and oxygen atoms in total. The molecular formula is C14H17NO3. The van der Waals surface area contributed by atoms with E-state index in [9.17, 15) is 4.79 Å². The van der Waals surface area contributed by atoms with Crippen molar-refractivity contribution in [2.24, 2.45) is 0 Å². The lowest BCUT2D eigenvalue weighted by atomic mass is 10.0. The van der Waals surface area contributed by atoms with Gasteiger partial charge in [-0.2, -0.15) is 0 Å². The molecule has 0 radical (unpaired) electrons. The Labute approximate surface area is 111 Å². The molecule has 2 rings (SSSR count). The number of rotatable bonds is 6. The molecule has 18 heavy (non-hydrogen) atoms. The standard InChI is InChI=1S/C14H17NO3/c1-3-7-15-11(4-2)14(16)10-5-6-12-13(8-10)18-9-17-12/h3,5-6,8,11,15H,1,4,7,9H2,2H3/i1D2,7D. The number of fused-ring (bicyclic) bond motifs is 1. The first-order valence-electron chi connectivity index (χ1n) is 7.36. The fourth-order valence-electron chi connectivity index (χ4n) is 1.79. The summed E-state index contributed by atoms with van der Waals surface area (Å²) in [6, 6.07) is 4.43. The molecule has 1 heterocycles. The Morgan fingerprint density at radius 3 is 3.28 bits per heavy atom. The van der Waals surface area contributed by atoms with Crippen molar-refractivity contribution in [3.05, 3.63) is 36.4 Å². The number of ether oxygens (including phenoxy) is 2. The van der Waals surface area contributed by atoms with Crippen LogP contribution in [-0.4, -0.2) is 25.1 Å². The van der Waals surface area contributed by atoms with Gasteiger partial charge in [-0.25, -0.2) is 0 Å². The minimum atomic E-state index is -0.960. The van der Waals surface area contributed by atoms with E-state index in [2.05, 4.69) is 5.32 Å². The van der Waals surface area contributed by atoms with Crippen molar-refractivity contribution in [1.29, 1.82) is 0 Å². The third kappa shape index (κ3) is 2.54. The molecule has 0 aliphatic carbocycles. The highest BCUT2D eigenvalue weighted by Gasteiger charge is 2.20. The molecule has 1 aromatic rings. The number of carbonyl (C=O) groups is 1. The first kappa shape index (κ1) is 9.16. The third-order valence-corrected chi connectivity index (χ3v) is 2.76. The highest BCUT2D eigenvalue weighted by atomic mass is 16.7. The van der Waals surface area contributed by atoms with Crippen LogP contribution in [0.15, 0.2) is 30.8 Å². The zero-order chi connectivity index (χ0) is 15.4. The van der Waals surface area contributed by atoms with E-state index in [4.69, 9.17) is 13.6 Å². The maximum atomic E-state index is 12.4. The molecule has 0 amide bonds. The molecule has 0 fully saturated rings. The topological polar surface area (TPSA) is 47.6 Å². The van der Waals surface area contributed by atoms with Gasteiger partial charge in [-0.3, -0.25) is 4.79 Å². The number of Topliss-reactive ketones (excluding diaryl/α,β-unsaturated/α-hetero) is 1. The molecule has 4 heteroatoms. The van der Waals surface area contributed by atoms with Gasteiger partial charge in [0.25, 0.3) is 0 Å². The predicted octanol–water partition coefficient (Wildman–Crippen LogP) is 2.15. The van der Waals surface area contributed by atoms with E-state index in [-0.39, 0.29) is 12.6 Å². The van der Waals surface area contributed by atoms with Crippen LogP contribution in [0.25, 0.3) is 0 Å². The smallest absolute Gasteiger partial charge is 0.231 e. The summed E-state index contributed by atoms with van der Waals surface area (Å²) in [6.45, 7) is 0.574. The second-order valence-electron chi connectivity index (χ2n) is 3.89. The predicted molar refractivity (Wildman–Crippen MR) is 69.2 cm³/mol. The van der Waals surface area contributed by atoms with Gasteiger partial charge in [0.05, 0.1) is 8.78 Å². The van der Waals surface area contributed by atoms with Gasteiger partial charge in [0, 0.05) is 13.5 Å². The number of ketones is 1. The van der Waals surface area contributed by atoms with Crippen LogP contribution in [0.2, 0.25) is 0 Å². The number of nitrogens with one attached hydrogen (secondary N) is 1. The zero-order valence-electron chi connectivity index (χ0n) is 13.1. The van der Waals surface area contributed by atoms with Crippen LogP contribution in [-0.2, 0) is 0 Å². The summed E-state index contributed by atoms with van der Waals surface area (Å²) >= 11 is 0. The number of carbonyl (C=O) groups excluding carboxylic acids is 1. The molecule has 0 bridgehead atoms. The molecule has 1 aliphatic rings. The second-order valence-corrected chi connectivity index (χ2v) is 3.89. The molecular weight excluding hydrogens is 230 g/mol. The Morgan fingerprint density at radius 2 is 2.50 bits per heavy atom. The maximum absolute atomic E-state index is 12.4. The van der Waals surface area contributed by atoms with Crippen LogP contribution in [0, 0.1) is 0 Å². The summed E-state index contributed by atoms with van der Waals surface area (Å²) < 4.78 is 32.2. The number of hydrogen-bond donors (Lipinski definition) is 1. The van der Waals surface area contributed by atoms with Gasteiger partial charge in [-0.05, 0) is 24.6 Å². The van der Waals surface area contributed by atoms with Crippen molar-refractivity contribution in [1.82, 2.24) is 5.32 Å². The van der Waals surface area contributed by atoms with E-state index in [1.54, 1.807) is 18.2 Å². The molecule has 0 saturated heterocycles. The monoisotopic (exact) mass is 250 g/mol. The lowest BCUT2D eigenvalue weighted by Crippen LogP contribution is -2.36. The Morgan fingerprint density at radius 1 is 1.67 bits per heavy atom. The van der Waals surface area contributed by atoms with Crippen molar-refractivity contribution in [3.8, 4) is 11.5 Å². The first-order valence-corrected chi connectivity index (χ1v) is 5.78. The summed E-state index contributed by atoms with van der Waals surface area (Å²) in [6.07, 6.45) is 1.62. The largest absolute Gasteiger partial charge is 0.454 e. The summed E-state index contributed by atoms with van der Waals surface area (Å²) in [4.78, 5) is 12.4. The first-order chi connectivity index (χ1) is 10.0. The van der Waals surface area contributed by atoms with Crippen molar-refractivity contribution >= 4 is 5.78 Å². The van der Waals surface area contributed by atoms with Gasteiger partial charge in [-0.15, -0.1) is 6.53 Å². The zero-order valence-corrected chi connectivity index (χ0v) is 10.1. The van der Waals surface area contributed by atoms with E-state index in [1.165, 1.54) is 0 Å². The van der Waals surface area contributed by atoms with Gasteiger partial charge >= 0.3 is 0 Å². The van der Waals surface area contributed by atoms with Crippen molar-refractivity contribution in [2.45, 2.75) is 19.4 Å². The number of benzene rings is 1. The summed E-state index contributed by atoms with van der Waals surface area (Å²) in [5.41, 5.74) is 0.478. The fourth-order valence-corrected chi connectivity index (χ4v) is 1.79. The third-order valence-electron chi connectivity index (χ3n) is 2.76. The molecule has 1 aromatic carbocycles. The highest BCUT2D eigenvalue weighted by molar-refractivity contribution is 6.00. The SMILES string of the molecule is [2H]C([2H])=CC([2H])NC(CC)C(=O)c1ccc2c(c1)OCO2. The van der Waals surface area contributed by atoms with Gasteiger partial charge in [-0.1, -0.05) is 13.0 Å². The Balaban J connectivity index is 2.11. The molecule has 1 N–H and O–H groups in total. The van der Waals surface area contributed by atoms with Crippen LogP contribution >= 0.6 is 0 Å². The Bertz CT molecular complexity index is 558. The molecule has 1 aliphatic heterocycles. The molecule has 2 unspecified atom stereocenters. The lowest BCUT2D eigenvalue weighted by molar-refractivity contribution is 0.0942. The van der Waals surface area contributed by atoms with Gasteiger partial charge in [0.1, 0.15) is 0 Å². The van der Waals surface area contributed by atoms with Gasteiger partial charge < -0.3 is 14.8 Å². The van der Waals surface area contributed by atoms with E-state index in [0.29, 0.717) is 23.5 Å². The minimum absolute atomic E-state index is 0.151. The van der Waals surface area contributed by atoms with Crippen LogP contribution < -0.4 is 14.8 Å². The molecule has 2 atom stereocenters. The average Bonchev–Trinajstić information content (AvgIpc) is 2.90. The highest BCUT2D eigenvalue weighted by Crippen LogP contribution is 2.32. The van der Waals surface area contributed by atoms with Gasteiger partial charge in [0.2, 0.25) is 6.79 Å². The summed E-state index contributed by atoms with van der Waals surface area (Å²) in [7, 11) is 0. The summed E-state index contributed by atoms with van der Waals surface area (Å²) in [5.74, 6) is 0.998. The maximum Gasteiger partial charge on any atom is 0.231 e. The number of hydrogen-bond acceptors (Lipinski definition) is 4. The molecule has 0 spiro atoms. The van der Waals surface area contributed by atoms with E-state index < -0.39 is 19.1 Å². The van der Waals surface area contributed by atoms with E-state index in [1.807, 2.05) is 6.92 Å². The van der Waals surface area contributed by atoms with Crippen LogP contribution in [0.3, 0.4) is 0 Å². The van der Waals surface area contributed by atoms with Crippen molar-refractivity contribution in [3.63, 3.8) is 0 Å².